The lowest BCUT2D eigenvalue weighted by atomic mass is 10.2. The first-order valence-corrected chi connectivity index (χ1v) is 6.48. The number of aromatic carboxylic acids is 1. The maximum atomic E-state index is 10.7. The zero-order valence-corrected chi connectivity index (χ0v) is 11.5. The van der Waals surface area contributed by atoms with Gasteiger partial charge in [-0.25, -0.2) is 9.78 Å². The molecule has 0 saturated carbocycles. The molecule has 0 fully saturated rings. The molecule has 3 aromatic rings. The largest absolute Gasteiger partial charge is 0.476 e. The van der Waals surface area contributed by atoms with E-state index in [2.05, 4.69) is 15.3 Å². The third-order valence-electron chi connectivity index (χ3n) is 2.92. The monoisotopic (exact) mass is 303 g/mol. The Balaban J connectivity index is 1.85. The number of rotatable bonds is 4. The van der Waals surface area contributed by atoms with E-state index in [-0.39, 0.29) is 18.1 Å². The Hall–Kier alpha value is -2.60. The minimum atomic E-state index is -1.12. The Morgan fingerprint density at radius 3 is 3.00 bits per heavy atom. The summed E-state index contributed by atoms with van der Waals surface area (Å²) in [7, 11) is 0. The van der Waals surface area contributed by atoms with Crippen LogP contribution in [-0.2, 0) is 6.54 Å². The van der Waals surface area contributed by atoms with Gasteiger partial charge < -0.3 is 14.8 Å². The number of fused-ring (bicyclic) bond motifs is 1. The Kier molecular flexibility index (Phi) is 3.45. The molecule has 0 aliphatic heterocycles. The summed E-state index contributed by atoms with van der Waals surface area (Å²) >= 11 is 6.12. The molecule has 7 heteroatoms. The van der Waals surface area contributed by atoms with Crippen LogP contribution < -0.4 is 5.32 Å². The number of benzene rings is 1. The SMILES string of the molecule is O=C(O)c1coc(CNc2ccc(Cl)c3cccnc23)n1. The van der Waals surface area contributed by atoms with Crippen LogP contribution in [0, 0.1) is 0 Å². The fourth-order valence-corrected chi connectivity index (χ4v) is 2.16. The standard InChI is InChI=1S/C14H10ClN3O3/c15-9-3-4-10(13-8(9)2-1-5-16-13)17-6-12-18-11(7-21-12)14(19)20/h1-5,7,17H,6H2,(H,19,20). The van der Waals surface area contributed by atoms with Crippen molar-refractivity contribution in [1.29, 1.82) is 0 Å². The molecular weight excluding hydrogens is 294 g/mol. The Morgan fingerprint density at radius 2 is 2.24 bits per heavy atom. The number of nitrogens with zero attached hydrogens (tertiary/aromatic N) is 2. The van der Waals surface area contributed by atoms with Gasteiger partial charge in [-0.3, -0.25) is 4.98 Å². The molecule has 0 spiro atoms. The van der Waals surface area contributed by atoms with Gasteiger partial charge in [0.25, 0.3) is 0 Å². The van der Waals surface area contributed by atoms with Gasteiger partial charge in [0.05, 0.1) is 22.8 Å². The third-order valence-corrected chi connectivity index (χ3v) is 3.25. The highest BCUT2D eigenvalue weighted by Gasteiger charge is 2.11. The van der Waals surface area contributed by atoms with E-state index in [1.807, 2.05) is 12.1 Å². The lowest BCUT2D eigenvalue weighted by Crippen LogP contribution is -2.02. The molecule has 21 heavy (non-hydrogen) atoms. The predicted molar refractivity (Wildman–Crippen MR) is 77.5 cm³/mol. The van der Waals surface area contributed by atoms with Gasteiger partial charge in [0, 0.05) is 11.6 Å². The van der Waals surface area contributed by atoms with Crippen molar-refractivity contribution in [3.8, 4) is 0 Å². The van der Waals surface area contributed by atoms with Crippen LogP contribution >= 0.6 is 11.6 Å². The second-order valence-electron chi connectivity index (χ2n) is 4.28. The summed E-state index contributed by atoms with van der Waals surface area (Å²) in [5.41, 5.74) is 1.38. The maximum absolute atomic E-state index is 10.7. The zero-order chi connectivity index (χ0) is 14.8. The van der Waals surface area contributed by atoms with E-state index in [4.69, 9.17) is 21.1 Å². The number of carbonyl (C=O) groups is 1. The van der Waals surface area contributed by atoms with Gasteiger partial charge in [-0.05, 0) is 24.3 Å². The first-order chi connectivity index (χ1) is 10.1. The first-order valence-electron chi connectivity index (χ1n) is 6.10. The summed E-state index contributed by atoms with van der Waals surface area (Å²) in [5, 5.41) is 13.4. The number of halogens is 1. The number of hydrogen-bond donors (Lipinski definition) is 2. The third kappa shape index (κ3) is 2.66. The Morgan fingerprint density at radius 1 is 1.38 bits per heavy atom. The van der Waals surface area contributed by atoms with Gasteiger partial charge in [0.1, 0.15) is 6.26 Å². The molecule has 0 saturated heterocycles. The summed E-state index contributed by atoms with van der Waals surface area (Å²) in [4.78, 5) is 18.9. The van der Waals surface area contributed by atoms with Gasteiger partial charge in [0.15, 0.2) is 5.69 Å². The minimum absolute atomic E-state index is 0.120. The van der Waals surface area contributed by atoms with Crippen LogP contribution in [0.5, 0.6) is 0 Å². The van der Waals surface area contributed by atoms with E-state index in [9.17, 15) is 4.79 Å². The maximum Gasteiger partial charge on any atom is 0.357 e. The molecule has 1 aromatic carbocycles. The summed E-state index contributed by atoms with van der Waals surface area (Å²) in [5.74, 6) is -0.838. The van der Waals surface area contributed by atoms with E-state index in [1.54, 1.807) is 18.3 Å². The van der Waals surface area contributed by atoms with Crippen LogP contribution in [0.25, 0.3) is 10.9 Å². The molecule has 2 heterocycles. The lowest BCUT2D eigenvalue weighted by molar-refractivity contribution is 0.0690. The number of carboxylic acid groups (broad SMARTS) is 1. The summed E-state index contributed by atoms with van der Waals surface area (Å²) in [6.07, 6.45) is 2.79. The van der Waals surface area contributed by atoms with E-state index < -0.39 is 5.97 Å². The first kappa shape index (κ1) is 13.4. The fraction of sp³-hybridized carbons (Fsp3) is 0.0714. The highest BCUT2D eigenvalue weighted by atomic mass is 35.5. The topological polar surface area (TPSA) is 88.2 Å². The van der Waals surface area contributed by atoms with E-state index in [0.717, 1.165) is 22.9 Å². The molecule has 2 N–H and O–H groups in total. The van der Waals surface area contributed by atoms with Gasteiger partial charge in [-0.2, -0.15) is 0 Å². The molecular formula is C14H10ClN3O3. The summed E-state index contributed by atoms with van der Waals surface area (Å²) in [6.45, 7) is 0.251. The average molecular weight is 304 g/mol. The molecule has 2 aromatic heterocycles. The van der Waals surface area contributed by atoms with E-state index in [0.29, 0.717) is 5.02 Å². The van der Waals surface area contributed by atoms with Crippen LogP contribution in [0.4, 0.5) is 5.69 Å². The molecule has 0 bridgehead atoms. The summed E-state index contributed by atoms with van der Waals surface area (Å²) in [6, 6.07) is 7.26. The normalized spacial score (nSPS) is 10.7. The molecule has 0 aliphatic rings. The molecule has 3 rings (SSSR count). The number of carboxylic acids is 1. The van der Waals surface area contributed by atoms with Gasteiger partial charge in [-0.15, -0.1) is 0 Å². The lowest BCUT2D eigenvalue weighted by Gasteiger charge is -2.08. The summed E-state index contributed by atoms with van der Waals surface area (Å²) < 4.78 is 5.08. The molecule has 0 radical (unpaired) electrons. The highest BCUT2D eigenvalue weighted by Crippen LogP contribution is 2.28. The van der Waals surface area contributed by atoms with Crippen LogP contribution in [0.1, 0.15) is 16.4 Å². The second-order valence-corrected chi connectivity index (χ2v) is 4.69. The van der Waals surface area contributed by atoms with Gasteiger partial charge in [0.2, 0.25) is 5.89 Å². The number of anilines is 1. The molecule has 6 nitrogen and oxygen atoms in total. The van der Waals surface area contributed by atoms with E-state index >= 15 is 0 Å². The van der Waals surface area contributed by atoms with Crippen molar-refractivity contribution in [1.82, 2.24) is 9.97 Å². The van der Waals surface area contributed by atoms with Crippen LogP contribution in [0.2, 0.25) is 5.02 Å². The molecule has 0 atom stereocenters. The van der Waals surface area contributed by atoms with Crippen molar-refractivity contribution < 1.29 is 14.3 Å². The van der Waals surface area contributed by atoms with Gasteiger partial charge in [-0.1, -0.05) is 11.6 Å². The van der Waals surface area contributed by atoms with Crippen molar-refractivity contribution in [3.05, 3.63) is 53.3 Å². The van der Waals surface area contributed by atoms with Crippen LogP contribution in [0.3, 0.4) is 0 Å². The number of nitrogens with one attached hydrogen (secondary N) is 1. The number of pyridine rings is 1. The number of oxazole rings is 1. The Bertz CT molecular complexity index is 816. The smallest absolute Gasteiger partial charge is 0.357 e. The fourth-order valence-electron chi connectivity index (χ4n) is 1.94. The van der Waals surface area contributed by atoms with Crippen molar-refractivity contribution in [2.24, 2.45) is 0 Å². The molecule has 0 amide bonds. The molecule has 0 aliphatic carbocycles. The number of hydrogen-bond acceptors (Lipinski definition) is 5. The zero-order valence-electron chi connectivity index (χ0n) is 10.7. The molecule has 106 valence electrons. The second kappa shape index (κ2) is 5.41. The predicted octanol–water partition coefficient (Wildman–Crippen LogP) is 3.19. The number of aromatic nitrogens is 2. The van der Waals surface area contributed by atoms with E-state index in [1.165, 1.54) is 0 Å². The van der Waals surface area contributed by atoms with Crippen molar-refractivity contribution in [2.45, 2.75) is 6.54 Å². The van der Waals surface area contributed by atoms with Gasteiger partial charge >= 0.3 is 5.97 Å². The molecule has 0 unspecified atom stereocenters. The minimum Gasteiger partial charge on any atom is -0.476 e. The van der Waals surface area contributed by atoms with Crippen molar-refractivity contribution in [3.63, 3.8) is 0 Å². The van der Waals surface area contributed by atoms with Crippen LogP contribution in [-0.4, -0.2) is 21.0 Å². The Labute approximate surface area is 124 Å². The van der Waals surface area contributed by atoms with Crippen molar-refractivity contribution >= 4 is 34.2 Å². The highest BCUT2D eigenvalue weighted by molar-refractivity contribution is 6.35. The van der Waals surface area contributed by atoms with Crippen LogP contribution in [0.15, 0.2) is 41.1 Å². The average Bonchev–Trinajstić information content (AvgIpc) is 2.96. The van der Waals surface area contributed by atoms with Crippen molar-refractivity contribution in [2.75, 3.05) is 5.32 Å². The quantitative estimate of drug-likeness (QED) is 0.769.